The van der Waals surface area contributed by atoms with E-state index in [1.54, 1.807) is 0 Å². The molecule has 1 aromatic carbocycles. The second-order valence-electron chi connectivity index (χ2n) is 4.16. The second kappa shape index (κ2) is 5.75. The largest absolute Gasteiger partial charge is 0.491 e. The van der Waals surface area contributed by atoms with Gasteiger partial charge in [0.15, 0.2) is 0 Å². The van der Waals surface area contributed by atoms with Crippen molar-refractivity contribution in [2.45, 2.75) is 31.8 Å². The first-order chi connectivity index (χ1) is 7.86. The van der Waals surface area contributed by atoms with E-state index in [4.69, 9.17) is 15.2 Å². The predicted molar refractivity (Wildman–Crippen MR) is 64.6 cm³/mol. The van der Waals surface area contributed by atoms with E-state index >= 15 is 0 Å². The van der Waals surface area contributed by atoms with Crippen LogP contribution in [0.25, 0.3) is 0 Å². The molecule has 0 aromatic heterocycles. The van der Waals surface area contributed by atoms with E-state index in [-0.39, 0.29) is 0 Å². The highest BCUT2D eigenvalue weighted by atomic mass is 16.5. The lowest BCUT2D eigenvalue weighted by Gasteiger charge is -2.25. The minimum Gasteiger partial charge on any atom is -0.491 e. The molecule has 0 radical (unpaired) electrons. The Morgan fingerprint density at radius 1 is 1.19 bits per heavy atom. The van der Waals surface area contributed by atoms with Gasteiger partial charge in [-0.2, -0.15) is 0 Å². The van der Waals surface area contributed by atoms with Gasteiger partial charge in [-0.05, 0) is 31.4 Å². The van der Waals surface area contributed by atoms with E-state index in [1.807, 2.05) is 24.3 Å². The molecule has 1 saturated carbocycles. The van der Waals surface area contributed by atoms with Crippen molar-refractivity contribution in [2.75, 3.05) is 18.9 Å². The van der Waals surface area contributed by atoms with Gasteiger partial charge in [-0.1, -0.05) is 12.1 Å². The number of ether oxygens (including phenoxy) is 2. The zero-order chi connectivity index (χ0) is 11.2. The lowest BCUT2D eigenvalue weighted by molar-refractivity contribution is -0.00221. The highest BCUT2D eigenvalue weighted by molar-refractivity contribution is 5.51. The average molecular weight is 221 g/mol. The van der Waals surface area contributed by atoms with Crippen molar-refractivity contribution in [3.63, 3.8) is 0 Å². The predicted octanol–water partition coefficient (Wildman–Crippen LogP) is 2.61. The van der Waals surface area contributed by atoms with Gasteiger partial charge in [0.1, 0.15) is 5.75 Å². The third kappa shape index (κ3) is 3.14. The van der Waals surface area contributed by atoms with Crippen LogP contribution in [0.4, 0.5) is 5.69 Å². The Bertz CT molecular complexity index is 323. The Morgan fingerprint density at radius 2 is 2.00 bits per heavy atom. The Labute approximate surface area is 96.5 Å². The van der Waals surface area contributed by atoms with Crippen molar-refractivity contribution >= 4 is 5.69 Å². The molecule has 1 aliphatic rings. The van der Waals surface area contributed by atoms with E-state index in [2.05, 4.69) is 0 Å². The van der Waals surface area contributed by atoms with Crippen LogP contribution in [0.3, 0.4) is 0 Å². The maximum Gasteiger partial charge on any atom is 0.142 e. The van der Waals surface area contributed by atoms with Gasteiger partial charge in [0.05, 0.1) is 25.0 Å². The topological polar surface area (TPSA) is 44.5 Å². The van der Waals surface area contributed by atoms with Crippen LogP contribution in [0.1, 0.15) is 25.7 Å². The Kier molecular flexibility index (Phi) is 4.05. The molecule has 0 saturated heterocycles. The third-order valence-corrected chi connectivity index (χ3v) is 2.87. The molecule has 1 aliphatic carbocycles. The van der Waals surface area contributed by atoms with E-state index in [9.17, 15) is 0 Å². The summed E-state index contributed by atoms with van der Waals surface area (Å²) < 4.78 is 11.2. The quantitative estimate of drug-likeness (QED) is 0.593. The van der Waals surface area contributed by atoms with E-state index < -0.39 is 0 Å². The van der Waals surface area contributed by atoms with Crippen molar-refractivity contribution in [1.82, 2.24) is 0 Å². The van der Waals surface area contributed by atoms with Gasteiger partial charge >= 0.3 is 0 Å². The summed E-state index contributed by atoms with van der Waals surface area (Å²) in [6, 6.07) is 7.57. The first-order valence-corrected chi connectivity index (χ1v) is 5.95. The smallest absolute Gasteiger partial charge is 0.142 e. The summed E-state index contributed by atoms with van der Waals surface area (Å²) in [7, 11) is 0. The number of nitrogens with two attached hydrogens (primary N) is 1. The zero-order valence-corrected chi connectivity index (χ0v) is 9.52. The van der Waals surface area contributed by atoms with Crippen LogP contribution in [0, 0.1) is 0 Å². The number of anilines is 1. The van der Waals surface area contributed by atoms with E-state index in [0.717, 1.165) is 18.8 Å². The molecular weight excluding hydrogens is 202 g/mol. The standard InChI is InChI=1S/C13H19NO2/c14-12-7-1-2-8-13(12)16-10-4-9-15-11-5-3-6-11/h1-2,7-8,11H,3-6,9-10,14H2. The van der Waals surface area contributed by atoms with Gasteiger partial charge in [0, 0.05) is 6.42 Å². The first kappa shape index (κ1) is 11.3. The van der Waals surface area contributed by atoms with Gasteiger partial charge in [-0.15, -0.1) is 0 Å². The van der Waals surface area contributed by atoms with Crippen molar-refractivity contribution in [3.8, 4) is 5.75 Å². The lowest BCUT2D eigenvalue weighted by Crippen LogP contribution is -2.22. The molecule has 2 rings (SSSR count). The van der Waals surface area contributed by atoms with Gasteiger partial charge in [0.25, 0.3) is 0 Å². The molecule has 3 nitrogen and oxygen atoms in total. The number of hydrogen-bond acceptors (Lipinski definition) is 3. The number of rotatable bonds is 6. The Hall–Kier alpha value is -1.22. The summed E-state index contributed by atoms with van der Waals surface area (Å²) in [4.78, 5) is 0. The normalized spacial score (nSPS) is 15.8. The first-order valence-electron chi connectivity index (χ1n) is 5.95. The van der Waals surface area contributed by atoms with Crippen molar-refractivity contribution in [3.05, 3.63) is 24.3 Å². The molecular formula is C13H19NO2. The molecule has 88 valence electrons. The average Bonchev–Trinajstić information content (AvgIpc) is 2.23. The molecule has 0 aliphatic heterocycles. The van der Waals surface area contributed by atoms with Gasteiger partial charge in [-0.3, -0.25) is 0 Å². The second-order valence-corrected chi connectivity index (χ2v) is 4.16. The summed E-state index contributed by atoms with van der Waals surface area (Å²) in [5.74, 6) is 0.770. The molecule has 0 amide bonds. The summed E-state index contributed by atoms with van der Waals surface area (Å²) in [5, 5.41) is 0. The molecule has 1 aromatic rings. The molecule has 0 spiro atoms. The summed E-state index contributed by atoms with van der Waals surface area (Å²) in [5.41, 5.74) is 6.45. The van der Waals surface area contributed by atoms with E-state index in [1.165, 1.54) is 19.3 Å². The van der Waals surface area contributed by atoms with Crippen LogP contribution in [0.15, 0.2) is 24.3 Å². The van der Waals surface area contributed by atoms with Crippen LogP contribution < -0.4 is 10.5 Å². The molecule has 0 bridgehead atoms. The highest BCUT2D eigenvalue weighted by Gasteiger charge is 2.17. The summed E-state index contributed by atoms with van der Waals surface area (Å²) >= 11 is 0. The Morgan fingerprint density at radius 3 is 2.69 bits per heavy atom. The summed E-state index contributed by atoms with van der Waals surface area (Å²) in [6.45, 7) is 1.46. The summed E-state index contributed by atoms with van der Waals surface area (Å²) in [6.07, 6.45) is 5.22. The molecule has 0 unspecified atom stereocenters. The van der Waals surface area contributed by atoms with Crippen molar-refractivity contribution in [2.24, 2.45) is 0 Å². The van der Waals surface area contributed by atoms with Crippen molar-refractivity contribution in [1.29, 1.82) is 0 Å². The fourth-order valence-corrected chi connectivity index (χ4v) is 1.64. The van der Waals surface area contributed by atoms with Gasteiger partial charge in [-0.25, -0.2) is 0 Å². The minimum absolute atomic E-state index is 0.516. The number of hydrogen-bond donors (Lipinski definition) is 1. The maximum atomic E-state index is 5.76. The van der Waals surface area contributed by atoms with Crippen LogP contribution in [0.2, 0.25) is 0 Å². The monoisotopic (exact) mass is 221 g/mol. The maximum absolute atomic E-state index is 5.76. The van der Waals surface area contributed by atoms with Crippen LogP contribution >= 0.6 is 0 Å². The minimum atomic E-state index is 0.516. The SMILES string of the molecule is Nc1ccccc1OCCCOC1CCC1. The van der Waals surface area contributed by atoms with Gasteiger partial charge < -0.3 is 15.2 Å². The van der Waals surface area contributed by atoms with Crippen LogP contribution in [0.5, 0.6) is 5.75 Å². The molecule has 3 heteroatoms. The fourth-order valence-electron chi connectivity index (χ4n) is 1.64. The molecule has 1 fully saturated rings. The molecule has 0 heterocycles. The van der Waals surface area contributed by atoms with Crippen molar-refractivity contribution < 1.29 is 9.47 Å². The van der Waals surface area contributed by atoms with Gasteiger partial charge in [0.2, 0.25) is 0 Å². The van der Waals surface area contributed by atoms with Crippen LogP contribution in [-0.4, -0.2) is 19.3 Å². The van der Waals surface area contributed by atoms with E-state index in [0.29, 0.717) is 18.4 Å². The molecule has 0 atom stereocenters. The highest BCUT2D eigenvalue weighted by Crippen LogP contribution is 2.22. The van der Waals surface area contributed by atoms with Crippen LogP contribution in [-0.2, 0) is 4.74 Å². The zero-order valence-electron chi connectivity index (χ0n) is 9.52. The molecule has 16 heavy (non-hydrogen) atoms. The number of nitrogen functional groups attached to an aromatic ring is 1. The third-order valence-electron chi connectivity index (χ3n) is 2.87. The Balaban J connectivity index is 1.58. The fraction of sp³-hybridized carbons (Fsp3) is 0.538. The number of para-hydroxylation sites is 2. The molecule has 2 N–H and O–H groups in total. The number of benzene rings is 1. The lowest BCUT2D eigenvalue weighted by atomic mass is 9.96.